The van der Waals surface area contributed by atoms with E-state index in [1.807, 2.05) is 12.1 Å². The van der Waals surface area contributed by atoms with Crippen molar-refractivity contribution in [3.8, 4) is 12.1 Å². The molecule has 0 fully saturated rings. The molecule has 4 nitrogen and oxygen atoms in total. The molecule has 2 rings (SSSR count). The molecule has 0 aliphatic heterocycles. The molecule has 106 valence electrons. The summed E-state index contributed by atoms with van der Waals surface area (Å²) in [7, 11) is 0. The predicted octanol–water partition coefficient (Wildman–Crippen LogP) is 3.24. The van der Waals surface area contributed by atoms with Crippen LogP contribution in [0.1, 0.15) is 11.1 Å². The minimum Gasteiger partial charge on any atom is -0.321 e. The molecule has 0 aliphatic rings. The molecule has 0 saturated carbocycles. The molecule has 22 heavy (non-hydrogen) atoms. The van der Waals surface area contributed by atoms with E-state index < -0.39 is 11.7 Å². The SMILES string of the molecule is N#C/C(=C\c1cccc(C#N)c1)C(=O)Nc1ccc(F)cc1. The van der Waals surface area contributed by atoms with Gasteiger partial charge in [-0.25, -0.2) is 4.39 Å². The molecule has 2 aromatic carbocycles. The largest absolute Gasteiger partial charge is 0.321 e. The summed E-state index contributed by atoms with van der Waals surface area (Å²) in [6, 6.07) is 15.6. The standard InChI is InChI=1S/C17H10FN3O/c18-15-4-6-16(7-5-15)21-17(22)14(11-20)9-12-2-1-3-13(8-12)10-19/h1-9H,(H,21,22)/b14-9+. The van der Waals surface area contributed by atoms with Gasteiger partial charge in [-0.3, -0.25) is 4.79 Å². The number of nitrogens with zero attached hydrogens (tertiary/aromatic N) is 2. The van der Waals surface area contributed by atoms with Gasteiger partial charge in [0.25, 0.3) is 5.91 Å². The molecule has 0 radical (unpaired) electrons. The Balaban J connectivity index is 2.22. The first-order chi connectivity index (χ1) is 10.6. The van der Waals surface area contributed by atoms with Gasteiger partial charge in [-0.05, 0) is 48.0 Å². The lowest BCUT2D eigenvalue weighted by Crippen LogP contribution is -2.13. The van der Waals surface area contributed by atoms with E-state index >= 15 is 0 Å². The molecule has 1 N–H and O–H groups in total. The van der Waals surface area contributed by atoms with E-state index in [1.165, 1.54) is 30.3 Å². The second-order valence-corrected chi connectivity index (χ2v) is 4.37. The number of hydrogen-bond acceptors (Lipinski definition) is 3. The first kappa shape index (κ1) is 15.0. The van der Waals surface area contributed by atoms with E-state index in [9.17, 15) is 9.18 Å². The second-order valence-electron chi connectivity index (χ2n) is 4.37. The smallest absolute Gasteiger partial charge is 0.266 e. The van der Waals surface area contributed by atoms with Gasteiger partial charge in [0.1, 0.15) is 17.5 Å². The molecular formula is C17H10FN3O. The third-order valence-electron chi connectivity index (χ3n) is 2.79. The Morgan fingerprint density at radius 1 is 1.14 bits per heavy atom. The number of nitrogens with one attached hydrogen (secondary N) is 1. The molecule has 5 heteroatoms. The summed E-state index contributed by atoms with van der Waals surface area (Å²) < 4.78 is 12.8. The van der Waals surface area contributed by atoms with Crippen LogP contribution < -0.4 is 5.32 Å². The van der Waals surface area contributed by atoms with Crippen LogP contribution in [-0.2, 0) is 4.79 Å². The van der Waals surface area contributed by atoms with Crippen LogP contribution in [-0.4, -0.2) is 5.91 Å². The van der Waals surface area contributed by atoms with Gasteiger partial charge < -0.3 is 5.32 Å². The molecule has 0 spiro atoms. The molecular weight excluding hydrogens is 281 g/mol. The average Bonchev–Trinajstić information content (AvgIpc) is 2.54. The molecule has 0 bridgehead atoms. The summed E-state index contributed by atoms with van der Waals surface area (Å²) in [5.74, 6) is -1.01. The number of rotatable bonds is 3. The van der Waals surface area contributed by atoms with Crippen molar-refractivity contribution in [2.75, 3.05) is 5.32 Å². The summed E-state index contributed by atoms with van der Waals surface area (Å²) in [5.41, 5.74) is 1.28. The highest BCUT2D eigenvalue weighted by molar-refractivity contribution is 6.09. The van der Waals surface area contributed by atoms with Crippen molar-refractivity contribution in [2.45, 2.75) is 0 Å². The van der Waals surface area contributed by atoms with Gasteiger partial charge in [-0.1, -0.05) is 12.1 Å². The highest BCUT2D eigenvalue weighted by Gasteiger charge is 2.09. The van der Waals surface area contributed by atoms with Crippen molar-refractivity contribution in [1.29, 1.82) is 10.5 Å². The van der Waals surface area contributed by atoms with Crippen molar-refractivity contribution in [1.82, 2.24) is 0 Å². The van der Waals surface area contributed by atoms with Gasteiger partial charge in [0.2, 0.25) is 0 Å². The van der Waals surface area contributed by atoms with Gasteiger partial charge in [0.05, 0.1) is 11.6 Å². The molecule has 0 aliphatic carbocycles. The number of carbonyl (C=O) groups excluding carboxylic acids is 1. The fraction of sp³-hybridized carbons (Fsp3) is 0. The lowest BCUT2D eigenvalue weighted by molar-refractivity contribution is -0.112. The van der Waals surface area contributed by atoms with Crippen LogP contribution in [0.5, 0.6) is 0 Å². The number of anilines is 1. The maximum Gasteiger partial charge on any atom is 0.266 e. The Morgan fingerprint density at radius 2 is 1.86 bits per heavy atom. The quantitative estimate of drug-likeness (QED) is 0.696. The normalized spacial score (nSPS) is 10.4. The number of carbonyl (C=O) groups is 1. The highest BCUT2D eigenvalue weighted by atomic mass is 19.1. The molecule has 0 saturated heterocycles. The number of halogens is 1. The van der Waals surface area contributed by atoms with Gasteiger partial charge in [0, 0.05) is 5.69 Å². The first-order valence-electron chi connectivity index (χ1n) is 6.31. The minimum absolute atomic E-state index is 0.112. The van der Waals surface area contributed by atoms with E-state index in [0.29, 0.717) is 16.8 Å². The molecule has 0 heterocycles. The Kier molecular flexibility index (Phi) is 4.64. The Bertz CT molecular complexity index is 811. The summed E-state index contributed by atoms with van der Waals surface area (Å²) in [4.78, 5) is 12.0. The lowest BCUT2D eigenvalue weighted by Gasteiger charge is -2.04. The van der Waals surface area contributed by atoms with Crippen LogP contribution in [0.15, 0.2) is 54.1 Å². The van der Waals surface area contributed by atoms with E-state index in [-0.39, 0.29) is 5.57 Å². The topological polar surface area (TPSA) is 76.7 Å². The number of hydrogen-bond donors (Lipinski definition) is 1. The van der Waals surface area contributed by atoms with E-state index in [4.69, 9.17) is 10.5 Å². The lowest BCUT2D eigenvalue weighted by atomic mass is 10.1. The van der Waals surface area contributed by atoms with Crippen LogP contribution in [0.25, 0.3) is 6.08 Å². The summed E-state index contributed by atoms with van der Waals surface area (Å²) >= 11 is 0. The van der Waals surface area contributed by atoms with Crippen molar-refractivity contribution in [2.24, 2.45) is 0 Å². The molecule has 0 unspecified atom stereocenters. The second kappa shape index (κ2) is 6.83. The van der Waals surface area contributed by atoms with Crippen molar-refractivity contribution in [3.63, 3.8) is 0 Å². The third-order valence-corrected chi connectivity index (χ3v) is 2.79. The van der Waals surface area contributed by atoms with Crippen LogP contribution in [0.3, 0.4) is 0 Å². The van der Waals surface area contributed by atoms with Crippen molar-refractivity contribution < 1.29 is 9.18 Å². The van der Waals surface area contributed by atoms with Gasteiger partial charge in [0.15, 0.2) is 0 Å². The van der Waals surface area contributed by atoms with Crippen LogP contribution >= 0.6 is 0 Å². The average molecular weight is 291 g/mol. The van der Waals surface area contributed by atoms with Crippen molar-refractivity contribution in [3.05, 3.63) is 71.0 Å². The number of amides is 1. The van der Waals surface area contributed by atoms with Gasteiger partial charge >= 0.3 is 0 Å². The van der Waals surface area contributed by atoms with Gasteiger partial charge in [-0.15, -0.1) is 0 Å². The number of nitriles is 2. The van der Waals surface area contributed by atoms with Gasteiger partial charge in [-0.2, -0.15) is 10.5 Å². The molecule has 0 atom stereocenters. The monoisotopic (exact) mass is 291 g/mol. The fourth-order valence-corrected chi connectivity index (χ4v) is 1.74. The van der Waals surface area contributed by atoms with E-state index in [2.05, 4.69) is 5.32 Å². The maximum atomic E-state index is 12.8. The molecule has 2 aromatic rings. The summed E-state index contributed by atoms with van der Waals surface area (Å²) in [5, 5.41) is 20.4. The van der Waals surface area contributed by atoms with E-state index in [1.54, 1.807) is 24.3 Å². The fourth-order valence-electron chi connectivity index (χ4n) is 1.74. The minimum atomic E-state index is -0.600. The van der Waals surface area contributed by atoms with E-state index in [0.717, 1.165) is 0 Å². The maximum absolute atomic E-state index is 12.8. The van der Waals surface area contributed by atoms with Crippen molar-refractivity contribution >= 4 is 17.7 Å². The zero-order valence-corrected chi connectivity index (χ0v) is 11.4. The number of benzene rings is 2. The zero-order chi connectivity index (χ0) is 15.9. The predicted molar refractivity (Wildman–Crippen MR) is 79.8 cm³/mol. The zero-order valence-electron chi connectivity index (χ0n) is 11.4. The third kappa shape index (κ3) is 3.78. The Hall–Kier alpha value is -3.44. The van der Waals surface area contributed by atoms with Crippen LogP contribution in [0.4, 0.5) is 10.1 Å². The van der Waals surface area contributed by atoms with Crippen LogP contribution in [0, 0.1) is 28.5 Å². The highest BCUT2D eigenvalue weighted by Crippen LogP contribution is 2.13. The van der Waals surface area contributed by atoms with Crippen LogP contribution in [0.2, 0.25) is 0 Å². The molecule has 0 aromatic heterocycles. The Morgan fingerprint density at radius 3 is 2.50 bits per heavy atom. The summed E-state index contributed by atoms with van der Waals surface area (Å²) in [6.07, 6.45) is 1.39. The first-order valence-corrected chi connectivity index (χ1v) is 6.31. The Labute approximate surface area is 126 Å². The molecule has 1 amide bonds. The summed E-state index contributed by atoms with van der Waals surface area (Å²) in [6.45, 7) is 0.